The molecule has 0 atom stereocenters. The summed E-state index contributed by atoms with van der Waals surface area (Å²) in [6, 6.07) is 5.39. The van der Waals surface area contributed by atoms with E-state index in [1.54, 1.807) is 12.1 Å². The smallest absolute Gasteiger partial charge is 0.240 e. The van der Waals surface area contributed by atoms with Crippen LogP contribution in [-0.2, 0) is 16.4 Å². The zero-order valence-corrected chi connectivity index (χ0v) is 12.7. The highest BCUT2D eigenvalue weighted by Gasteiger charge is 2.36. The first-order valence-corrected chi connectivity index (χ1v) is 8.89. The third kappa shape index (κ3) is 2.44. The van der Waals surface area contributed by atoms with Crippen LogP contribution in [-0.4, -0.2) is 21.5 Å². The fraction of sp³-hybridized carbons (Fsp3) is 0.600. The highest BCUT2D eigenvalue weighted by atomic mass is 32.2. The number of anilines is 1. The predicted molar refractivity (Wildman–Crippen MR) is 80.4 cm³/mol. The Morgan fingerprint density at radius 2 is 2.15 bits per heavy atom. The average Bonchev–Trinajstić information content (AvgIpc) is 2.85. The molecule has 0 bridgehead atoms. The summed E-state index contributed by atoms with van der Waals surface area (Å²) in [5.74, 6) is 0. The van der Waals surface area contributed by atoms with Gasteiger partial charge in [-0.25, -0.2) is 13.1 Å². The van der Waals surface area contributed by atoms with Crippen molar-refractivity contribution in [2.45, 2.75) is 43.9 Å². The average molecular weight is 294 g/mol. The van der Waals surface area contributed by atoms with Crippen LogP contribution >= 0.6 is 0 Å². The molecule has 0 amide bonds. The van der Waals surface area contributed by atoms with Crippen molar-refractivity contribution in [2.24, 2.45) is 5.41 Å². The van der Waals surface area contributed by atoms with Gasteiger partial charge in [0.05, 0.1) is 4.90 Å². The standard InChI is InChI=1S/C15H22N2O2S/c1-2-15(7-3-8-15)11-17-20(18,19)13-5-4-12-6-9-16-14(12)10-13/h4-5,10,16-17H,2-3,6-9,11H2,1H3. The molecule has 1 fully saturated rings. The molecule has 1 aliphatic carbocycles. The number of benzene rings is 1. The van der Waals surface area contributed by atoms with Gasteiger partial charge in [0, 0.05) is 18.8 Å². The van der Waals surface area contributed by atoms with Crippen LogP contribution in [0.5, 0.6) is 0 Å². The first-order valence-electron chi connectivity index (χ1n) is 7.41. The van der Waals surface area contributed by atoms with Gasteiger partial charge in [-0.15, -0.1) is 0 Å². The van der Waals surface area contributed by atoms with Crippen molar-refractivity contribution < 1.29 is 8.42 Å². The van der Waals surface area contributed by atoms with Crippen molar-refractivity contribution in [2.75, 3.05) is 18.4 Å². The fourth-order valence-electron chi connectivity index (χ4n) is 3.10. The van der Waals surface area contributed by atoms with E-state index < -0.39 is 10.0 Å². The molecule has 1 saturated carbocycles. The van der Waals surface area contributed by atoms with Crippen LogP contribution in [0.2, 0.25) is 0 Å². The molecule has 3 rings (SSSR count). The second-order valence-electron chi connectivity index (χ2n) is 6.03. The van der Waals surface area contributed by atoms with Gasteiger partial charge in [-0.05, 0) is 48.8 Å². The van der Waals surface area contributed by atoms with Crippen LogP contribution in [0.3, 0.4) is 0 Å². The molecule has 1 aliphatic heterocycles. The number of rotatable bonds is 5. The summed E-state index contributed by atoms with van der Waals surface area (Å²) >= 11 is 0. The van der Waals surface area contributed by atoms with E-state index in [0.717, 1.165) is 37.9 Å². The van der Waals surface area contributed by atoms with Crippen LogP contribution in [0.15, 0.2) is 23.1 Å². The molecule has 2 aliphatic rings. The maximum atomic E-state index is 12.4. The summed E-state index contributed by atoms with van der Waals surface area (Å²) < 4.78 is 27.6. The lowest BCUT2D eigenvalue weighted by molar-refractivity contribution is 0.133. The highest BCUT2D eigenvalue weighted by molar-refractivity contribution is 7.89. The first kappa shape index (κ1) is 13.9. The number of hydrogen-bond donors (Lipinski definition) is 2. The van der Waals surface area contributed by atoms with Crippen LogP contribution in [0.4, 0.5) is 5.69 Å². The number of nitrogens with one attached hydrogen (secondary N) is 2. The Kier molecular flexibility index (Phi) is 3.50. The van der Waals surface area contributed by atoms with Gasteiger partial charge in [0.15, 0.2) is 0 Å². The van der Waals surface area contributed by atoms with Gasteiger partial charge < -0.3 is 5.32 Å². The maximum absolute atomic E-state index is 12.4. The van der Waals surface area contributed by atoms with Crippen molar-refractivity contribution in [3.8, 4) is 0 Å². The molecular formula is C15H22N2O2S. The van der Waals surface area contributed by atoms with Crippen molar-refractivity contribution in [3.05, 3.63) is 23.8 Å². The molecule has 0 radical (unpaired) electrons. The predicted octanol–water partition coefficient (Wildman–Crippen LogP) is 2.51. The van der Waals surface area contributed by atoms with Crippen molar-refractivity contribution >= 4 is 15.7 Å². The zero-order valence-electron chi connectivity index (χ0n) is 11.9. The maximum Gasteiger partial charge on any atom is 0.240 e. The molecular weight excluding hydrogens is 272 g/mol. The van der Waals surface area contributed by atoms with Crippen LogP contribution in [0.25, 0.3) is 0 Å². The van der Waals surface area contributed by atoms with E-state index in [0.29, 0.717) is 11.4 Å². The van der Waals surface area contributed by atoms with Crippen LogP contribution in [0, 0.1) is 5.41 Å². The number of fused-ring (bicyclic) bond motifs is 1. The van der Waals surface area contributed by atoms with Gasteiger partial charge in [-0.1, -0.05) is 19.4 Å². The third-order valence-corrected chi connectivity index (χ3v) is 6.30. The lowest BCUT2D eigenvalue weighted by Crippen LogP contribution is -2.41. The largest absolute Gasteiger partial charge is 0.384 e. The first-order chi connectivity index (χ1) is 9.55. The summed E-state index contributed by atoms with van der Waals surface area (Å²) in [5, 5.41) is 3.23. The Labute approximate surface area is 121 Å². The van der Waals surface area contributed by atoms with Crippen LogP contribution < -0.4 is 10.0 Å². The van der Waals surface area contributed by atoms with Crippen LogP contribution in [0.1, 0.15) is 38.2 Å². The molecule has 1 aromatic rings. The summed E-state index contributed by atoms with van der Waals surface area (Å²) in [7, 11) is -3.39. The minimum Gasteiger partial charge on any atom is -0.384 e. The minimum absolute atomic E-state index is 0.196. The van der Waals surface area contributed by atoms with Gasteiger partial charge in [0.1, 0.15) is 0 Å². The molecule has 2 N–H and O–H groups in total. The minimum atomic E-state index is -3.39. The second-order valence-corrected chi connectivity index (χ2v) is 7.79. The topological polar surface area (TPSA) is 58.2 Å². The SMILES string of the molecule is CCC1(CNS(=O)(=O)c2ccc3c(c2)NCC3)CCC1. The van der Waals surface area contributed by atoms with E-state index in [4.69, 9.17) is 0 Å². The van der Waals surface area contributed by atoms with Gasteiger partial charge in [-0.3, -0.25) is 0 Å². The molecule has 0 aromatic heterocycles. The van der Waals surface area contributed by atoms with E-state index in [1.807, 2.05) is 6.07 Å². The Morgan fingerprint density at radius 3 is 2.80 bits per heavy atom. The number of sulfonamides is 1. The van der Waals surface area contributed by atoms with Gasteiger partial charge in [0.25, 0.3) is 0 Å². The Bertz CT molecular complexity index is 601. The summed E-state index contributed by atoms with van der Waals surface area (Å²) in [6.07, 6.45) is 5.51. The highest BCUT2D eigenvalue weighted by Crippen LogP contribution is 2.43. The molecule has 4 nitrogen and oxygen atoms in total. The summed E-state index contributed by atoms with van der Waals surface area (Å²) in [5.41, 5.74) is 2.36. The monoisotopic (exact) mass is 294 g/mol. The second kappa shape index (κ2) is 5.04. The van der Waals surface area contributed by atoms with E-state index in [1.165, 1.54) is 12.0 Å². The molecule has 0 spiro atoms. The zero-order chi connectivity index (χ0) is 14.2. The van der Waals surface area contributed by atoms with E-state index in [2.05, 4.69) is 17.0 Å². The normalized spacial score (nSPS) is 20.1. The van der Waals surface area contributed by atoms with Gasteiger partial charge in [-0.2, -0.15) is 0 Å². The Morgan fingerprint density at radius 1 is 1.35 bits per heavy atom. The fourth-order valence-corrected chi connectivity index (χ4v) is 4.28. The molecule has 1 heterocycles. The van der Waals surface area contributed by atoms with E-state index in [9.17, 15) is 8.42 Å². The molecule has 110 valence electrons. The molecule has 5 heteroatoms. The lowest BCUT2D eigenvalue weighted by Gasteiger charge is -2.41. The third-order valence-electron chi connectivity index (χ3n) is 4.90. The van der Waals surface area contributed by atoms with Crippen molar-refractivity contribution in [1.82, 2.24) is 4.72 Å². The van der Waals surface area contributed by atoms with Crippen molar-refractivity contribution in [1.29, 1.82) is 0 Å². The molecule has 1 aromatic carbocycles. The van der Waals surface area contributed by atoms with Gasteiger partial charge >= 0.3 is 0 Å². The van der Waals surface area contributed by atoms with E-state index in [-0.39, 0.29) is 5.41 Å². The molecule has 0 unspecified atom stereocenters. The van der Waals surface area contributed by atoms with Crippen molar-refractivity contribution in [3.63, 3.8) is 0 Å². The lowest BCUT2D eigenvalue weighted by atomic mass is 9.67. The number of hydrogen-bond acceptors (Lipinski definition) is 3. The Balaban J connectivity index is 1.75. The molecule has 20 heavy (non-hydrogen) atoms. The molecule has 0 saturated heterocycles. The summed E-state index contributed by atoms with van der Waals surface area (Å²) in [4.78, 5) is 0.372. The quantitative estimate of drug-likeness (QED) is 0.877. The Hall–Kier alpha value is -1.07. The summed E-state index contributed by atoms with van der Waals surface area (Å²) in [6.45, 7) is 3.61. The van der Waals surface area contributed by atoms with Gasteiger partial charge in [0.2, 0.25) is 10.0 Å². The van der Waals surface area contributed by atoms with E-state index >= 15 is 0 Å².